The first-order valence-electron chi connectivity index (χ1n) is 6.56. The molecule has 0 amide bonds. The molecular formula is C15H16NO3P. The molecule has 1 aliphatic carbocycles. The molecule has 0 fully saturated rings. The molecule has 0 radical (unpaired) electrons. The van der Waals surface area contributed by atoms with Crippen molar-refractivity contribution in [1.82, 2.24) is 4.98 Å². The lowest BCUT2D eigenvalue weighted by Crippen LogP contribution is -2.14. The second-order valence-corrected chi connectivity index (χ2v) is 7.73. The van der Waals surface area contributed by atoms with Gasteiger partial charge in [-0.05, 0) is 30.0 Å². The van der Waals surface area contributed by atoms with Gasteiger partial charge >= 0.3 is 0 Å². The predicted octanol–water partition coefficient (Wildman–Crippen LogP) is 2.51. The molecule has 3 rings (SSSR count). The van der Waals surface area contributed by atoms with Gasteiger partial charge in [0.15, 0.2) is 5.85 Å². The largest absolute Gasteiger partial charge is 0.378 e. The number of hydrogen-bond acceptors (Lipinski definition) is 3. The minimum atomic E-state index is -3.72. The molecule has 2 atom stereocenters. The summed E-state index contributed by atoms with van der Waals surface area (Å²) in [4.78, 5) is 14.3. The molecule has 104 valence electrons. The van der Waals surface area contributed by atoms with E-state index in [2.05, 4.69) is 4.98 Å². The smallest absolute Gasteiger partial charge is 0.236 e. The van der Waals surface area contributed by atoms with Crippen LogP contribution in [0.4, 0.5) is 0 Å². The van der Waals surface area contributed by atoms with Crippen molar-refractivity contribution < 1.29 is 14.6 Å². The summed E-state index contributed by atoms with van der Waals surface area (Å²) in [7, 11) is -3.72. The van der Waals surface area contributed by atoms with Gasteiger partial charge in [0, 0.05) is 23.6 Å². The van der Waals surface area contributed by atoms with E-state index < -0.39 is 18.9 Å². The summed E-state index contributed by atoms with van der Waals surface area (Å²) in [5.74, 6) is -1.37. The van der Waals surface area contributed by atoms with E-state index in [1.54, 1.807) is 18.3 Å². The first-order valence-corrected chi connectivity index (χ1v) is 8.36. The van der Waals surface area contributed by atoms with Gasteiger partial charge in [-0.25, -0.2) is 0 Å². The van der Waals surface area contributed by atoms with Crippen LogP contribution in [0.1, 0.15) is 22.5 Å². The van der Waals surface area contributed by atoms with Crippen LogP contribution in [0, 0.1) is 0 Å². The van der Waals surface area contributed by atoms with E-state index in [-0.39, 0.29) is 0 Å². The van der Waals surface area contributed by atoms with Crippen molar-refractivity contribution in [2.75, 3.05) is 0 Å². The van der Waals surface area contributed by atoms with Gasteiger partial charge in [-0.2, -0.15) is 0 Å². The third-order valence-electron chi connectivity index (χ3n) is 3.89. The predicted molar refractivity (Wildman–Crippen MR) is 76.7 cm³/mol. The summed E-state index contributed by atoms with van der Waals surface area (Å²) in [6, 6.07) is 11.1. The highest BCUT2D eigenvalue weighted by Crippen LogP contribution is 2.60. The summed E-state index contributed by atoms with van der Waals surface area (Å²) in [6.45, 7) is 0. The Morgan fingerprint density at radius 1 is 1.15 bits per heavy atom. The first kappa shape index (κ1) is 13.5. The third kappa shape index (κ3) is 2.31. The summed E-state index contributed by atoms with van der Waals surface area (Å²) in [5, 5.41) is 10.2. The highest BCUT2D eigenvalue weighted by molar-refractivity contribution is 7.58. The SMILES string of the molecule is O=P(O)(C1Cc2ccccc2C1)C(O)c1cccnc1. The average molecular weight is 289 g/mol. The van der Waals surface area contributed by atoms with Crippen molar-refractivity contribution in [2.24, 2.45) is 0 Å². The van der Waals surface area contributed by atoms with E-state index in [1.165, 1.54) is 6.20 Å². The van der Waals surface area contributed by atoms with Crippen LogP contribution in [0.5, 0.6) is 0 Å². The Balaban J connectivity index is 1.86. The number of rotatable bonds is 3. The van der Waals surface area contributed by atoms with Crippen LogP contribution >= 0.6 is 7.37 Å². The minimum Gasteiger partial charge on any atom is -0.378 e. The summed E-state index contributed by atoms with van der Waals surface area (Å²) in [6.07, 6.45) is 4.10. The van der Waals surface area contributed by atoms with E-state index >= 15 is 0 Å². The van der Waals surface area contributed by atoms with Crippen molar-refractivity contribution in [3.8, 4) is 0 Å². The van der Waals surface area contributed by atoms with Crippen molar-refractivity contribution >= 4 is 7.37 Å². The number of nitrogens with zero attached hydrogens (tertiary/aromatic N) is 1. The van der Waals surface area contributed by atoms with E-state index in [0.29, 0.717) is 18.4 Å². The second kappa shape index (κ2) is 5.13. The fourth-order valence-electron chi connectivity index (χ4n) is 2.74. The lowest BCUT2D eigenvalue weighted by Gasteiger charge is -2.23. The van der Waals surface area contributed by atoms with Crippen molar-refractivity contribution in [3.05, 3.63) is 65.5 Å². The van der Waals surface area contributed by atoms with Crippen molar-refractivity contribution in [2.45, 2.75) is 24.3 Å². The fraction of sp³-hybridized carbons (Fsp3) is 0.267. The van der Waals surface area contributed by atoms with Gasteiger partial charge in [0.1, 0.15) is 0 Å². The number of hydrogen-bond donors (Lipinski definition) is 2. The van der Waals surface area contributed by atoms with Crippen molar-refractivity contribution in [1.29, 1.82) is 0 Å². The number of aromatic nitrogens is 1. The zero-order valence-electron chi connectivity index (χ0n) is 10.9. The van der Waals surface area contributed by atoms with Gasteiger partial charge in [-0.1, -0.05) is 30.3 Å². The molecule has 2 aromatic rings. The molecule has 2 unspecified atom stereocenters. The van der Waals surface area contributed by atoms with E-state index in [9.17, 15) is 14.6 Å². The maximum atomic E-state index is 12.7. The normalized spacial score (nSPS) is 19.3. The minimum absolute atomic E-state index is 0.397. The average Bonchev–Trinajstić information content (AvgIpc) is 2.92. The summed E-state index contributed by atoms with van der Waals surface area (Å²) in [5.41, 5.74) is 2.18. The standard InChI is InChI=1S/C15H16NO3P/c17-15(13-6-3-7-16-10-13)20(18,19)14-8-11-4-1-2-5-12(11)9-14/h1-7,10,14-15,17H,8-9H2,(H,18,19). The van der Waals surface area contributed by atoms with Crippen LogP contribution in [0.2, 0.25) is 0 Å². The van der Waals surface area contributed by atoms with Gasteiger partial charge < -0.3 is 10.00 Å². The third-order valence-corrected chi connectivity index (χ3v) is 6.30. The van der Waals surface area contributed by atoms with E-state index in [4.69, 9.17) is 0 Å². The Morgan fingerprint density at radius 3 is 2.35 bits per heavy atom. The van der Waals surface area contributed by atoms with Crippen LogP contribution in [0.25, 0.3) is 0 Å². The molecule has 0 saturated heterocycles. The Bertz CT molecular complexity index is 634. The molecular weight excluding hydrogens is 273 g/mol. The molecule has 1 heterocycles. The van der Waals surface area contributed by atoms with Crippen molar-refractivity contribution in [3.63, 3.8) is 0 Å². The molecule has 1 aromatic carbocycles. The van der Waals surface area contributed by atoms with Crippen LogP contribution in [-0.4, -0.2) is 20.6 Å². The molecule has 1 aromatic heterocycles. The van der Waals surface area contributed by atoms with Gasteiger partial charge in [0.25, 0.3) is 0 Å². The number of aliphatic hydroxyl groups excluding tert-OH is 1. The molecule has 0 bridgehead atoms. The summed E-state index contributed by atoms with van der Waals surface area (Å²) < 4.78 is 12.7. The Hall–Kier alpha value is -1.48. The van der Waals surface area contributed by atoms with Crippen LogP contribution < -0.4 is 0 Å². The first-order chi connectivity index (χ1) is 9.59. The number of aliphatic hydroxyl groups is 1. The Labute approximate surface area is 117 Å². The molecule has 5 heteroatoms. The topological polar surface area (TPSA) is 70.4 Å². The van der Waals surface area contributed by atoms with Crippen LogP contribution in [0.15, 0.2) is 48.8 Å². The molecule has 1 aliphatic rings. The van der Waals surface area contributed by atoms with Crippen LogP contribution in [0.3, 0.4) is 0 Å². The zero-order valence-corrected chi connectivity index (χ0v) is 11.8. The zero-order chi connectivity index (χ0) is 14.2. The number of benzene rings is 1. The second-order valence-electron chi connectivity index (χ2n) is 5.16. The highest BCUT2D eigenvalue weighted by Gasteiger charge is 2.42. The highest BCUT2D eigenvalue weighted by atomic mass is 31.2. The van der Waals surface area contributed by atoms with E-state index in [0.717, 1.165) is 11.1 Å². The van der Waals surface area contributed by atoms with Gasteiger partial charge in [-0.15, -0.1) is 0 Å². The fourth-order valence-corrected chi connectivity index (χ4v) is 4.64. The Kier molecular flexibility index (Phi) is 3.47. The maximum Gasteiger partial charge on any atom is 0.236 e. The molecule has 2 N–H and O–H groups in total. The maximum absolute atomic E-state index is 12.7. The lowest BCUT2D eigenvalue weighted by molar-refractivity contribution is 0.231. The van der Waals surface area contributed by atoms with Gasteiger partial charge in [-0.3, -0.25) is 9.55 Å². The molecule has 0 spiro atoms. The van der Waals surface area contributed by atoms with Crippen LogP contribution in [-0.2, 0) is 17.4 Å². The molecule has 20 heavy (non-hydrogen) atoms. The molecule has 0 aliphatic heterocycles. The lowest BCUT2D eigenvalue weighted by atomic mass is 10.1. The summed E-state index contributed by atoms with van der Waals surface area (Å²) >= 11 is 0. The molecule has 4 nitrogen and oxygen atoms in total. The number of fused-ring (bicyclic) bond motifs is 1. The molecule has 0 saturated carbocycles. The quantitative estimate of drug-likeness (QED) is 0.852. The monoisotopic (exact) mass is 289 g/mol. The van der Waals surface area contributed by atoms with Gasteiger partial charge in [0.2, 0.25) is 7.37 Å². The number of pyridine rings is 1. The van der Waals surface area contributed by atoms with Gasteiger partial charge in [0.05, 0.1) is 0 Å². The Morgan fingerprint density at radius 2 is 1.80 bits per heavy atom. The van der Waals surface area contributed by atoms with E-state index in [1.807, 2.05) is 24.3 Å².